The fourth-order valence-electron chi connectivity index (χ4n) is 2.06. The van der Waals surface area contributed by atoms with Crippen LogP contribution in [0, 0.1) is 5.92 Å². The van der Waals surface area contributed by atoms with Gasteiger partial charge in [-0.15, -0.1) is 0 Å². The van der Waals surface area contributed by atoms with Crippen molar-refractivity contribution in [2.45, 2.75) is 46.5 Å². The van der Waals surface area contributed by atoms with Crippen molar-refractivity contribution in [3.05, 3.63) is 24.2 Å². The van der Waals surface area contributed by atoms with Crippen LogP contribution in [0.25, 0.3) is 0 Å². The van der Waals surface area contributed by atoms with E-state index in [2.05, 4.69) is 26.1 Å². The molecule has 22 heavy (non-hydrogen) atoms. The molecular formula is C17H28N2O3. The van der Waals surface area contributed by atoms with Crippen molar-refractivity contribution in [1.29, 1.82) is 0 Å². The highest BCUT2D eigenvalue weighted by molar-refractivity contribution is 5.94. The minimum atomic E-state index is -0.0721. The van der Waals surface area contributed by atoms with Gasteiger partial charge >= 0.3 is 0 Å². The lowest BCUT2D eigenvalue weighted by Gasteiger charge is -2.21. The molecule has 0 aliphatic carbocycles. The van der Waals surface area contributed by atoms with Crippen LogP contribution >= 0.6 is 0 Å². The van der Waals surface area contributed by atoms with Crippen molar-refractivity contribution in [2.24, 2.45) is 5.92 Å². The number of hydrogen-bond acceptors (Lipinski definition) is 3. The molecule has 0 aromatic carbocycles. The van der Waals surface area contributed by atoms with E-state index in [4.69, 9.17) is 4.42 Å². The fraction of sp³-hybridized carbons (Fsp3) is 0.647. The molecule has 1 rings (SSSR count). The van der Waals surface area contributed by atoms with Gasteiger partial charge in [-0.05, 0) is 24.8 Å². The van der Waals surface area contributed by atoms with Gasteiger partial charge in [0.15, 0.2) is 0 Å². The van der Waals surface area contributed by atoms with Crippen molar-refractivity contribution in [1.82, 2.24) is 10.2 Å². The Balaban J connectivity index is 2.44. The van der Waals surface area contributed by atoms with Gasteiger partial charge in [0.1, 0.15) is 6.26 Å². The highest BCUT2D eigenvalue weighted by atomic mass is 16.3. The molecule has 0 saturated carbocycles. The normalized spacial score (nSPS) is 10.7. The number of furan rings is 1. The minimum Gasteiger partial charge on any atom is -0.472 e. The van der Waals surface area contributed by atoms with E-state index in [-0.39, 0.29) is 11.8 Å². The second kappa shape index (κ2) is 10.0. The summed E-state index contributed by atoms with van der Waals surface area (Å²) in [6, 6.07) is 1.66. The van der Waals surface area contributed by atoms with Crippen LogP contribution in [0.1, 0.15) is 56.8 Å². The summed E-state index contributed by atoms with van der Waals surface area (Å²) in [5.74, 6) is 0.503. The first-order chi connectivity index (χ1) is 10.5. The Kier molecular flexibility index (Phi) is 8.33. The monoisotopic (exact) mass is 308 g/mol. The number of nitrogens with zero attached hydrogens (tertiary/aromatic N) is 1. The summed E-state index contributed by atoms with van der Waals surface area (Å²) >= 11 is 0. The first-order valence-electron chi connectivity index (χ1n) is 8.12. The van der Waals surface area contributed by atoms with Crippen LogP contribution in [0.4, 0.5) is 0 Å². The van der Waals surface area contributed by atoms with E-state index in [9.17, 15) is 9.59 Å². The summed E-state index contributed by atoms with van der Waals surface area (Å²) < 4.78 is 4.96. The smallest absolute Gasteiger partial charge is 0.257 e. The Morgan fingerprint density at radius 1 is 1.32 bits per heavy atom. The lowest BCUT2D eigenvalue weighted by molar-refractivity contribution is -0.121. The summed E-state index contributed by atoms with van der Waals surface area (Å²) in [5, 5.41) is 2.90. The third-order valence-corrected chi connectivity index (χ3v) is 3.49. The van der Waals surface area contributed by atoms with Crippen molar-refractivity contribution < 1.29 is 14.0 Å². The summed E-state index contributed by atoms with van der Waals surface area (Å²) in [6.45, 7) is 8.14. The lowest BCUT2D eigenvalue weighted by Crippen LogP contribution is -2.36. The van der Waals surface area contributed by atoms with E-state index >= 15 is 0 Å². The maximum atomic E-state index is 12.4. The molecule has 5 nitrogen and oxygen atoms in total. The van der Waals surface area contributed by atoms with Crippen LogP contribution in [0.2, 0.25) is 0 Å². The molecule has 2 amide bonds. The number of carbonyl (C=O) groups excluding carboxylic acids is 2. The minimum absolute atomic E-state index is 0.00198. The maximum absolute atomic E-state index is 12.4. The molecule has 5 heteroatoms. The van der Waals surface area contributed by atoms with Crippen LogP contribution < -0.4 is 5.32 Å². The standard InChI is InChI=1S/C17H28N2O3/c1-4-5-10-19(17(21)15-8-12-22-13-15)11-7-16(20)18-9-6-14(2)3/h8,12-14H,4-7,9-11H2,1-3H3,(H,18,20). The summed E-state index contributed by atoms with van der Waals surface area (Å²) in [7, 11) is 0. The van der Waals surface area contributed by atoms with E-state index in [0.29, 0.717) is 37.5 Å². The van der Waals surface area contributed by atoms with E-state index in [1.807, 2.05) is 0 Å². The third-order valence-electron chi connectivity index (χ3n) is 3.49. The van der Waals surface area contributed by atoms with Crippen LogP contribution in [-0.2, 0) is 4.79 Å². The summed E-state index contributed by atoms with van der Waals surface area (Å²) in [4.78, 5) is 25.9. The molecule has 0 bridgehead atoms. The van der Waals surface area contributed by atoms with Gasteiger partial charge in [0.2, 0.25) is 5.91 Å². The fourth-order valence-corrected chi connectivity index (χ4v) is 2.06. The molecule has 124 valence electrons. The molecule has 1 aromatic rings. The second-order valence-corrected chi connectivity index (χ2v) is 5.94. The third kappa shape index (κ3) is 6.78. The van der Waals surface area contributed by atoms with Crippen molar-refractivity contribution in [2.75, 3.05) is 19.6 Å². The quantitative estimate of drug-likeness (QED) is 0.722. The first-order valence-corrected chi connectivity index (χ1v) is 8.12. The largest absolute Gasteiger partial charge is 0.472 e. The number of carbonyl (C=O) groups is 2. The van der Waals surface area contributed by atoms with Crippen molar-refractivity contribution in [3.63, 3.8) is 0 Å². The van der Waals surface area contributed by atoms with E-state index in [0.717, 1.165) is 19.3 Å². The Bertz CT molecular complexity index is 441. The Morgan fingerprint density at radius 2 is 2.09 bits per heavy atom. The number of rotatable bonds is 10. The number of unbranched alkanes of at least 4 members (excludes halogenated alkanes) is 1. The van der Waals surface area contributed by atoms with Crippen molar-refractivity contribution in [3.8, 4) is 0 Å². The molecule has 1 N–H and O–H groups in total. The predicted octanol–water partition coefficient (Wildman–Crippen LogP) is 3.07. The average Bonchev–Trinajstić information content (AvgIpc) is 3.00. The first kappa shape index (κ1) is 18.3. The molecule has 0 atom stereocenters. The molecule has 0 saturated heterocycles. The molecular weight excluding hydrogens is 280 g/mol. The van der Waals surface area contributed by atoms with E-state index in [1.54, 1.807) is 11.0 Å². The highest BCUT2D eigenvalue weighted by Crippen LogP contribution is 2.08. The number of hydrogen-bond donors (Lipinski definition) is 1. The van der Waals surface area contributed by atoms with Gasteiger partial charge in [0.25, 0.3) is 5.91 Å². The zero-order chi connectivity index (χ0) is 16.4. The number of nitrogens with one attached hydrogen (secondary N) is 1. The van der Waals surface area contributed by atoms with Gasteiger partial charge in [-0.1, -0.05) is 27.2 Å². The highest BCUT2D eigenvalue weighted by Gasteiger charge is 2.17. The number of amides is 2. The maximum Gasteiger partial charge on any atom is 0.257 e. The van der Waals surface area contributed by atoms with E-state index < -0.39 is 0 Å². The summed E-state index contributed by atoms with van der Waals surface area (Å²) in [6.07, 6.45) is 6.19. The van der Waals surface area contributed by atoms with Gasteiger partial charge in [0, 0.05) is 26.1 Å². The Hall–Kier alpha value is -1.78. The summed E-state index contributed by atoms with van der Waals surface area (Å²) in [5.41, 5.74) is 0.538. The topological polar surface area (TPSA) is 62.6 Å². The molecule has 1 heterocycles. The van der Waals surface area contributed by atoms with Crippen LogP contribution in [0.3, 0.4) is 0 Å². The Morgan fingerprint density at radius 3 is 2.68 bits per heavy atom. The SMILES string of the molecule is CCCCN(CCC(=O)NCCC(C)C)C(=O)c1ccoc1. The molecule has 0 aliphatic heterocycles. The van der Waals surface area contributed by atoms with Crippen molar-refractivity contribution >= 4 is 11.8 Å². The molecule has 0 spiro atoms. The van der Waals surface area contributed by atoms with Crippen LogP contribution in [0.15, 0.2) is 23.0 Å². The zero-order valence-electron chi connectivity index (χ0n) is 13.9. The Labute approximate surface area is 133 Å². The van der Waals surface area contributed by atoms with Crippen LogP contribution in [0.5, 0.6) is 0 Å². The van der Waals surface area contributed by atoms with Gasteiger partial charge in [-0.3, -0.25) is 9.59 Å². The predicted molar refractivity (Wildman–Crippen MR) is 86.6 cm³/mol. The zero-order valence-corrected chi connectivity index (χ0v) is 13.9. The molecule has 0 radical (unpaired) electrons. The van der Waals surface area contributed by atoms with Gasteiger partial charge in [-0.2, -0.15) is 0 Å². The van der Waals surface area contributed by atoms with Gasteiger partial charge in [0.05, 0.1) is 11.8 Å². The molecule has 1 aromatic heterocycles. The average molecular weight is 308 g/mol. The van der Waals surface area contributed by atoms with E-state index in [1.165, 1.54) is 12.5 Å². The van der Waals surface area contributed by atoms with Gasteiger partial charge < -0.3 is 14.6 Å². The van der Waals surface area contributed by atoms with Crippen LogP contribution in [-0.4, -0.2) is 36.3 Å². The molecule has 0 unspecified atom stereocenters. The lowest BCUT2D eigenvalue weighted by atomic mass is 10.1. The second-order valence-electron chi connectivity index (χ2n) is 5.94. The van der Waals surface area contributed by atoms with Gasteiger partial charge in [-0.25, -0.2) is 0 Å². The molecule has 0 aliphatic rings. The molecule has 0 fully saturated rings.